The lowest BCUT2D eigenvalue weighted by Crippen LogP contribution is -1.78. The predicted octanol–water partition coefficient (Wildman–Crippen LogP) is 0.434. The second-order valence-electron chi connectivity index (χ2n) is 2.32. The van der Waals surface area contributed by atoms with Crippen LogP contribution in [0.3, 0.4) is 0 Å². The quantitative estimate of drug-likeness (QED) is 0.630. The van der Waals surface area contributed by atoms with Crippen LogP contribution in [-0.4, -0.2) is 40.0 Å². The molecule has 0 saturated heterocycles. The van der Waals surface area contributed by atoms with Gasteiger partial charge in [0.2, 0.25) is 0 Å². The molecule has 0 spiro atoms. The lowest BCUT2D eigenvalue weighted by atomic mass is 10.4. The highest BCUT2D eigenvalue weighted by molar-refractivity contribution is 5.62. The standard InChI is InChI=1S/C4H10O.C3H8O.C2H4O2.H2O/c1-2-3-4-5;1-2-3-4;1-2(3)4;/h5H,2-4H2,1H3;4H,2-3H2,1H3;1H3,(H,3,4);1H2. The molecule has 0 saturated carbocycles. The zero-order valence-electron chi connectivity index (χ0n) is 9.29. The number of rotatable bonds is 3. The number of hydrogen-bond donors (Lipinski definition) is 3. The summed E-state index contributed by atoms with van der Waals surface area (Å²) < 4.78 is 0. The van der Waals surface area contributed by atoms with Gasteiger partial charge in [-0.15, -0.1) is 0 Å². The lowest BCUT2D eigenvalue weighted by molar-refractivity contribution is -0.134. The number of carbonyl (C=O) groups is 1. The van der Waals surface area contributed by atoms with E-state index in [4.69, 9.17) is 20.1 Å². The lowest BCUT2D eigenvalue weighted by Gasteiger charge is -1.79. The number of aliphatic carboxylic acids is 1. The van der Waals surface area contributed by atoms with Gasteiger partial charge in [0.1, 0.15) is 0 Å². The Morgan fingerprint density at radius 2 is 1.36 bits per heavy atom. The predicted molar refractivity (Wildman–Crippen MR) is 56.3 cm³/mol. The van der Waals surface area contributed by atoms with Gasteiger partial charge in [0, 0.05) is 20.1 Å². The van der Waals surface area contributed by atoms with E-state index in [0.29, 0.717) is 13.2 Å². The van der Waals surface area contributed by atoms with Crippen LogP contribution in [0.2, 0.25) is 0 Å². The minimum Gasteiger partial charge on any atom is -0.481 e. The largest absolute Gasteiger partial charge is 0.481 e. The first-order chi connectivity index (χ1) is 6.06. The Kier molecular flexibility index (Phi) is 49.0. The highest BCUT2D eigenvalue weighted by Gasteiger charge is 1.69. The number of unbranched alkanes of at least 4 members (excludes halogenated alkanes) is 1. The van der Waals surface area contributed by atoms with Gasteiger partial charge in [0.05, 0.1) is 0 Å². The molecule has 90 valence electrons. The van der Waals surface area contributed by atoms with Crippen LogP contribution in [0.15, 0.2) is 0 Å². The molecule has 0 unspecified atom stereocenters. The molecule has 0 atom stereocenters. The maximum Gasteiger partial charge on any atom is 0.300 e. The Morgan fingerprint density at radius 3 is 1.36 bits per heavy atom. The third-order valence-electron chi connectivity index (χ3n) is 0.735. The second kappa shape index (κ2) is 29.4. The van der Waals surface area contributed by atoms with Crippen molar-refractivity contribution >= 4 is 5.97 Å². The van der Waals surface area contributed by atoms with Crippen molar-refractivity contribution in [2.75, 3.05) is 13.2 Å². The molecule has 14 heavy (non-hydrogen) atoms. The van der Waals surface area contributed by atoms with E-state index in [1.807, 2.05) is 6.92 Å². The first kappa shape index (κ1) is 23.3. The molecule has 0 aromatic carbocycles. The minimum atomic E-state index is -0.833. The smallest absolute Gasteiger partial charge is 0.300 e. The minimum absolute atomic E-state index is 0. The average molecular weight is 212 g/mol. The van der Waals surface area contributed by atoms with Crippen LogP contribution in [-0.2, 0) is 4.79 Å². The first-order valence-corrected chi connectivity index (χ1v) is 4.47. The summed E-state index contributed by atoms with van der Waals surface area (Å²) in [6.45, 7) is 5.73. The number of carboxylic acids is 1. The summed E-state index contributed by atoms with van der Waals surface area (Å²) in [5.74, 6) is -0.833. The molecule has 0 aromatic heterocycles. The monoisotopic (exact) mass is 212 g/mol. The summed E-state index contributed by atoms with van der Waals surface area (Å²) in [5.41, 5.74) is 0. The van der Waals surface area contributed by atoms with Gasteiger partial charge in [-0.25, -0.2) is 0 Å². The maximum absolute atomic E-state index is 9.00. The fourth-order valence-corrected chi connectivity index (χ4v) is 0.158. The SMILES string of the molecule is CC(=O)O.CCCCO.CCCO.O. The van der Waals surface area contributed by atoms with Crippen molar-refractivity contribution in [3.8, 4) is 0 Å². The van der Waals surface area contributed by atoms with Crippen molar-refractivity contribution in [2.45, 2.75) is 40.0 Å². The van der Waals surface area contributed by atoms with Gasteiger partial charge < -0.3 is 20.8 Å². The van der Waals surface area contributed by atoms with E-state index in [1.54, 1.807) is 0 Å². The molecule has 0 rings (SSSR count). The normalized spacial score (nSPS) is 6.93. The Labute approximate surface area is 85.7 Å². The fourth-order valence-electron chi connectivity index (χ4n) is 0.158. The molecule has 5 heteroatoms. The summed E-state index contributed by atoms with van der Waals surface area (Å²) in [4.78, 5) is 9.00. The Hall–Kier alpha value is -0.650. The van der Waals surface area contributed by atoms with E-state index < -0.39 is 5.97 Å². The van der Waals surface area contributed by atoms with Gasteiger partial charge in [-0.2, -0.15) is 0 Å². The van der Waals surface area contributed by atoms with Gasteiger partial charge in [-0.05, 0) is 12.8 Å². The summed E-state index contributed by atoms with van der Waals surface area (Å²) in [5, 5.41) is 23.4. The van der Waals surface area contributed by atoms with Gasteiger partial charge in [0.15, 0.2) is 0 Å². The zero-order valence-corrected chi connectivity index (χ0v) is 9.29. The van der Waals surface area contributed by atoms with Crippen molar-refractivity contribution in [2.24, 2.45) is 0 Å². The molecule has 0 heterocycles. The van der Waals surface area contributed by atoms with E-state index >= 15 is 0 Å². The number of carboxylic acid groups (broad SMARTS) is 1. The van der Waals surface area contributed by atoms with Crippen molar-refractivity contribution in [3.63, 3.8) is 0 Å². The highest BCUT2D eigenvalue weighted by Crippen LogP contribution is 1.78. The molecule has 0 aliphatic rings. The summed E-state index contributed by atoms with van der Waals surface area (Å²) in [6, 6.07) is 0. The van der Waals surface area contributed by atoms with Crippen molar-refractivity contribution in [3.05, 3.63) is 0 Å². The van der Waals surface area contributed by atoms with E-state index in [1.165, 1.54) is 0 Å². The highest BCUT2D eigenvalue weighted by atomic mass is 16.4. The Morgan fingerprint density at radius 1 is 1.07 bits per heavy atom. The van der Waals surface area contributed by atoms with Crippen molar-refractivity contribution in [1.82, 2.24) is 0 Å². The molecule has 0 fully saturated rings. The fraction of sp³-hybridized carbons (Fsp3) is 0.889. The van der Waals surface area contributed by atoms with Gasteiger partial charge >= 0.3 is 0 Å². The molecular weight excluding hydrogens is 188 g/mol. The summed E-state index contributed by atoms with van der Waals surface area (Å²) in [6.07, 6.45) is 2.91. The van der Waals surface area contributed by atoms with Crippen LogP contribution in [0.5, 0.6) is 0 Å². The Bertz CT molecular complexity index is 77.3. The first-order valence-electron chi connectivity index (χ1n) is 4.47. The maximum atomic E-state index is 9.00. The molecule has 0 aliphatic carbocycles. The van der Waals surface area contributed by atoms with Crippen LogP contribution >= 0.6 is 0 Å². The molecule has 0 aliphatic heterocycles. The number of aliphatic hydroxyl groups excluding tert-OH is 2. The molecule has 0 radical (unpaired) electrons. The molecule has 5 nitrogen and oxygen atoms in total. The Balaban J connectivity index is -0.0000000522. The zero-order chi connectivity index (χ0) is 11.1. The van der Waals surface area contributed by atoms with Crippen LogP contribution < -0.4 is 0 Å². The van der Waals surface area contributed by atoms with Gasteiger partial charge in [-0.3, -0.25) is 4.79 Å². The van der Waals surface area contributed by atoms with Crippen molar-refractivity contribution < 1.29 is 25.6 Å². The summed E-state index contributed by atoms with van der Waals surface area (Å²) in [7, 11) is 0. The number of aliphatic hydroxyl groups is 2. The summed E-state index contributed by atoms with van der Waals surface area (Å²) >= 11 is 0. The van der Waals surface area contributed by atoms with E-state index in [2.05, 4.69) is 6.92 Å². The molecule has 0 bridgehead atoms. The third kappa shape index (κ3) is 220. The van der Waals surface area contributed by atoms with Crippen LogP contribution in [0.4, 0.5) is 0 Å². The molecular formula is C9H24O5. The average Bonchev–Trinajstić information content (AvgIpc) is 2.05. The third-order valence-corrected chi connectivity index (χ3v) is 0.735. The molecule has 5 N–H and O–H groups in total. The van der Waals surface area contributed by atoms with E-state index in [9.17, 15) is 0 Å². The molecule has 0 amide bonds. The van der Waals surface area contributed by atoms with Crippen molar-refractivity contribution in [1.29, 1.82) is 0 Å². The van der Waals surface area contributed by atoms with Crippen LogP contribution in [0.1, 0.15) is 40.0 Å². The van der Waals surface area contributed by atoms with Crippen LogP contribution in [0.25, 0.3) is 0 Å². The van der Waals surface area contributed by atoms with Gasteiger partial charge in [-0.1, -0.05) is 20.3 Å². The van der Waals surface area contributed by atoms with Gasteiger partial charge in [0.25, 0.3) is 5.97 Å². The second-order valence-corrected chi connectivity index (χ2v) is 2.32. The topological polar surface area (TPSA) is 109 Å². The number of hydrogen-bond acceptors (Lipinski definition) is 3. The molecule has 0 aromatic rings. The van der Waals surface area contributed by atoms with E-state index in [-0.39, 0.29) is 5.48 Å². The van der Waals surface area contributed by atoms with Crippen LogP contribution in [0, 0.1) is 0 Å². The van der Waals surface area contributed by atoms with E-state index in [0.717, 1.165) is 26.2 Å².